The monoisotopic (exact) mass is 469 g/mol. The van der Waals surface area contributed by atoms with Gasteiger partial charge in [0.2, 0.25) is 0 Å². The lowest BCUT2D eigenvalue weighted by Gasteiger charge is -2.14. The highest BCUT2D eigenvalue weighted by Crippen LogP contribution is 2.29. The molecule has 0 unspecified atom stereocenters. The van der Waals surface area contributed by atoms with Crippen molar-refractivity contribution in [2.24, 2.45) is 5.10 Å². The van der Waals surface area contributed by atoms with Crippen molar-refractivity contribution >= 4 is 39.0 Å². The summed E-state index contributed by atoms with van der Waals surface area (Å²) in [5.74, 6) is 0. The number of anilines is 2. The molecule has 0 aliphatic rings. The number of sulfonamides is 1. The minimum Gasteiger partial charge on any atom is -0.279 e. The van der Waals surface area contributed by atoms with Crippen molar-refractivity contribution in [1.82, 2.24) is 0 Å². The van der Waals surface area contributed by atoms with E-state index in [0.29, 0.717) is 16.8 Å². The molecule has 3 aromatic carbocycles. The highest BCUT2D eigenvalue weighted by Gasteiger charge is 2.23. The van der Waals surface area contributed by atoms with E-state index in [1.165, 1.54) is 30.5 Å². The van der Waals surface area contributed by atoms with Crippen LogP contribution in [0, 0.1) is 34.1 Å². The molecule has 0 fully saturated rings. The van der Waals surface area contributed by atoms with Crippen molar-refractivity contribution in [3.05, 3.63) is 97.6 Å². The molecule has 3 rings (SSSR count). The van der Waals surface area contributed by atoms with Crippen LogP contribution in [0.5, 0.6) is 0 Å². The number of aryl methyl sites for hydroxylation is 2. The lowest BCUT2D eigenvalue weighted by molar-refractivity contribution is -0.385. The van der Waals surface area contributed by atoms with Gasteiger partial charge in [-0.1, -0.05) is 29.8 Å². The first kappa shape index (κ1) is 23.3. The summed E-state index contributed by atoms with van der Waals surface area (Å²) in [7, 11) is -4.23. The van der Waals surface area contributed by atoms with Gasteiger partial charge in [-0.3, -0.25) is 30.4 Å². The molecule has 170 valence electrons. The van der Waals surface area contributed by atoms with Crippen molar-refractivity contribution in [3.8, 4) is 0 Å². The van der Waals surface area contributed by atoms with Gasteiger partial charge >= 0.3 is 0 Å². The number of hydrazone groups is 1. The maximum absolute atomic E-state index is 13.1. The Morgan fingerprint density at radius 2 is 1.55 bits per heavy atom. The van der Waals surface area contributed by atoms with Gasteiger partial charge in [0, 0.05) is 29.8 Å². The number of rotatable bonds is 8. The fraction of sp³-hybridized carbons (Fsp3) is 0.0952. The van der Waals surface area contributed by atoms with E-state index >= 15 is 0 Å². The molecule has 0 saturated heterocycles. The van der Waals surface area contributed by atoms with E-state index in [9.17, 15) is 28.6 Å². The molecule has 0 amide bonds. The van der Waals surface area contributed by atoms with Crippen LogP contribution in [0.15, 0.2) is 70.7 Å². The number of hydrogen-bond acceptors (Lipinski definition) is 8. The fourth-order valence-corrected chi connectivity index (χ4v) is 4.27. The first-order valence-electron chi connectivity index (χ1n) is 9.49. The van der Waals surface area contributed by atoms with Gasteiger partial charge in [-0.05, 0) is 31.5 Å². The molecule has 2 N–H and O–H groups in total. The zero-order valence-electron chi connectivity index (χ0n) is 17.6. The molecule has 11 nitrogen and oxygen atoms in total. The Kier molecular flexibility index (Phi) is 6.68. The van der Waals surface area contributed by atoms with Gasteiger partial charge in [0.15, 0.2) is 0 Å². The SMILES string of the molecule is Cc1ccc(NS(=O)(=O)c2cc([N+](=O)[O-])ccc2N/N=C\c2cccc([N+](=O)[O-])c2)c(C)c1. The first-order chi connectivity index (χ1) is 15.6. The summed E-state index contributed by atoms with van der Waals surface area (Å²) < 4.78 is 28.6. The van der Waals surface area contributed by atoms with Gasteiger partial charge in [-0.2, -0.15) is 5.10 Å². The third kappa shape index (κ3) is 5.68. The summed E-state index contributed by atoms with van der Waals surface area (Å²) in [5, 5.41) is 26.0. The molecule has 0 atom stereocenters. The molecule has 0 heterocycles. The van der Waals surface area contributed by atoms with E-state index in [1.54, 1.807) is 31.2 Å². The predicted molar refractivity (Wildman–Crippen MR) is 124 cm³/mol. The normalized spacial score (nSPS) is 11.3. The van der Waals surface area contributed by atoms with Crippen molar-refractivity contribution in [2.75, 3.05) is 10.1 Å². The standard InChI is InChI=1S/C21H19N5O6S/c1-14-6-8-19(15(2)10-14)24-33(31,32)21-12-18(26(29)30)7-9-20(21)23-22-13-16-4-3-5-17(11-16)25(27)28/h3-13,23-24H,1-2H3/b22-13-. The Morgan fingerprint density at radius 1 is 0.879 bits per heavy atom. The minimum atomic E-state index is -4.23. The van der Waals surface area contributed by atoms with Gasteiger partial charge < -0.3 is 0 Å². The van der Waals surface area contributed by atoms with E-state index in [-0.39, 0.29) is 16.3 Å². The second-order valence-electron chi connectivity index (χ2n) is 7.08. The topological polar surface area (TPSA) is 157 Å². The summed E-state index contributed by atoms with van der Waals surface area (Å²) in [6.07, 6.45) is 1.27. The Labute approximate surface area is 189 Å². The molecule has 33 heavy (non-hydrogen) atoms. The second kappa shape index (κ2) is 9.44. The highest BCUT2D eigenvalue weighted by molar-refractivity contribution is 7.92. The lowest BCUT2D eigenvalue weighted by atomic mass is 10.1. The molecule has 0 aliphatic carbocycles. The third-order valence-corrected chi connectivity index (χ3v) is 5.98. The van der Waals surface area contributed by atoms with E-state index < -0.39 is 25.6 Å². The smallest absolute Gasteiger partial charge is 0.270 e. The minimum absolute atomic E-state index is 0.0143. The molecular weight excluding hydrogens is 450 g/mol. The van der Waals surface area contributed by atoms with Crippen molar-refractivity contribution < 1.29 is 18.3 Å². The zero-order valence-corrected chi connectivity index (χ0v) is 18.4. The summed E-state index contributed by atoms with van der Waals surface area (Å²) in [6.45, 7) is 3.61. The van der Waals surface area contributed by atoms with Crippen molar-refractivity contribution in [2.45, 2.75) is 18.7 Å². The molecule has 0 spiro atoms. The molecule has 3 aromatic rings. The van der Waals surface area contributed by atoms with Gasteiger partial charge in [-0.25, -0.2) is 8.42 Å². The Morgan fingerprint density at radius 3 is 2.21 bits per heavy atom. The summed E-state index contributed by atoms with van der Waals surface area (Å²) in [5.41, 5.74) is 4.36. The van der Waals surface area contributed by atoms with Gasteiger partial charge in [0.25, 0.3) is 21.4 Å². The molecule has 0 bridgehead atoms. The summed E-state index contributed by atoms with van der Waals surface area (Å²) >= 11 is 0. The number of benzene rings is 3. The Hall–Kier alpha value is -4.32. The van der Waals surface area contributed by atoms with Crippen LogP contribution >= 0.6 is 0 Å². The maximum atomic E-state index is 13.1. The molecule has 0 aromatic heterocycles. The van der Waals surface area contributed by atoms with Crippen LogP contribution in [-0.4, -0.2) is 24.5 Å². The second-order valence-corrected chi connectivity index (χ2v) is 8.73. The number of nitro groups is 2. The average molecular weight is 469 g/mol. The van der Waals surface area contributed by atoms with Gasteiger partial charge in [0.1, 0.15) is 4.90 Å². The molecule has 12 heteroatoms. The first-order valence-corrected chi connectivity index (χ1v) is 11.0. The Balaban J connectivity index is 1.95. The van der Waals surface area contributed by atoms with E-state index in [0.717, 1.165) is 17.7 Å². The summed E-state index contributed by atoms with van der Waals surface area (Å²) in [6, 6.07) is 14.1. The number of nitro benzene ring substituents is 2. The van der Waals surface area contributed by atoms with Crippen LogP contribution in [0.3, 0.4) is 0 Å². The van der Waals surface area contributed by atoms with Crippen LogP contribution in [0.2, 0.25) is 0 Å². The highest BCUT2D eigenvalue weighted by atomic mass is 32.2. The summed E-state index contributed by atoms with van der Waals surface area (Å²) in [4.78, 5) is 20.5. The molecule has 0 radical (unpaired) electrons. The largest absolute Gasteiger partial charge is 0.279 e. The fourth-order valence-electron chi connectivity index (χ4n) is 2.96. The van der Waals surface area contributed by atoms with Crippen LogP contribution < -0.4 is 10.1 Å². The predicted octanol–water partition coefficient (Wildman–Crippen LogP) is 4.37. The average Bonchev–Trinajstić information content (AvgIpc) is 2.76. The lowest BCUT2D eigenvalue weighted by Crippen LogP contribution is -2.16. The van der Waals surface area contributed by atoms with Crippen LogP contribution in [-0.2, 0) is 10.0 Å². The van der Waals surface area contributed by atoms with Crippen LogP contribution in [0.1, 0.15) is 16.7 Å². The molecule has 0 saturated carbocycles. The van der Waals surface area contributed by atoms with Crippen LogP contribution in [0.4, 0.5) is 22.7 Å². The van der Waals surface area contributed by atoms with E-state index in [2.05, 4.69) is 15.2 Å². The van der Waals surface area contributed by atoms with E-state index in [1.807, 2.05) is 6.92 Å². The number of nitrogens with zero attached hydrogens (tertiary/aromatic N) is 3. The van der Waals surface area contributed by atoms with Gasteiger partial charge in [-0.15, -0.1) is 0 Å². The number of nitrogens with one attached hydrogen (secondary N) is 2. The van der Waals surface area contributed by atoms with Crippen molar-refractivity contribution in [1.29, 1.82) is 0 Å². The van der Waals surface area contributed by atoms with E-state index in [4.69, 9.17) is 0 Å². The number of non-ortho nitro benzene ring substituents is 2. The third-order valence-electron chi connectivity index (χ3n) is 4.57. The Bertz CT molecular complexity index is 1370. The number of hydrogen-bond donors (Lipinski definition) is 2. The van der Waals surface area contributed by atoms with Crippen LogP contribution in [0.25, 0.3) is 0 Å². The zero-order chi connectivity index (χ0) is 24.2. The molecular formula is C21H19N5O6S. The maximum Gasteiger partial charge on any atom is 0.270 e. The molecule has 0 aliphatic heterocycles. The van der Waals surface area contributed by atoms with Gasteiger partial charge in [0.05, 0.1) is 27.4 Å². The quantitative estimate of drug-likeness (QED) is 0.282. The van der Waals surface area contributed by atoms with Crippen molar-refractivity contribution in [3.63, 3.8) is 0 Å².